The molecule has 3 saturated carbocycles. The summed E-state index contributed by atoms with van der Waals surface area (Å²) in [5.74, 6) is -0.154. The van der Waals surface area contributed by atoms with E-state index in [1.54, 1.807) is 0 Å². The summed E-state index contributed by atoms with van der Waals surface area (Å²) in [5, 5.41) is 3.49. The number of carbonyl (C=O) groups excluding carboxylic acids is 1. The molecule has 6 rings (SSSR count). The van der Waals surface area contributed by atoms with E-state index in [1.807, 2.05) is 32.6 Å². The van der Waals surface area contributed by atoms with Gasteiger partial charge in [-0.05, 0) is 105 Å². The molecule has 0 aromatic heterocycles. The largest absolute Gasteiger partial charge is 0.444 e. The Morgan fingerprint density at radius 2 is 1.51 bits per heavy atom. The molecule has 0 aromatic carbocycles. The average Bonchev–Trinajstić information content (AvgIpc) is 3.76. The highest BCUT2D eigenvalue weighted by Gasteiger charge is 2.50. The van der Waals surface area contributed by atoms with Gasteiger partial charge in [0, 0.05) is 56.2 Å². The van der Waals surface area contributed by atoms with Crippen molar-refractivity contribution in [3.05, 3.63) is 0 Å². The number of piperidine rings is 1. The third-order valence-corrected chi connectivity index (χ3v) is 10.2. The standard InChI is InChI=1S/C12H22N2O2.C11H19N.C8H18O2Si/c1-11(2,3)16-10(15)14-8-5-12(6-9-14)4-7-13-12;1-2-6-11(7-3-1)8-9-12(11)10-4-5-10;1-5-9-8(6-7-8)10-11(2,3)4/h13H,4-9H2,1-3H3;10H,1-9H2;5-7H2,1-4H3. The summed E-state index contributed by atoms with van der Waals surface area (Å²) in [5.41, 5.74) is 0.693. The van der Waals surface area contributed by atoms with Crippen LogP contribution in [0.1, 0.15) is 111 Å². The lowest BCUT2D eigenvalue weighted by Gasteiger charge is -2.55. The molecule has 0 aromatic rings. The van der Waals surface area contributed by atoms with Crippen LogP contribution in [-0.2, 0) is 13.9 Å². The van der Waals surface area contributed by atoms with Gasteiger partial charge in [0.25, 0.3) is 0 Å². The van der Waals surface area contributed by atoms with Gasteiger partial charge in [-0.25, -0.2) is 4.79 Å². The first kappa shape index (κ1) is 31.3. The van der Waals surface area contributed by atoms with Crippen LogP contribution in [0.25, 0.3) is 0 Å². The molecule has 39 heavy (non-hydrogen) atoms. The van der Waals surface area contributed by atoms with Crippen LogP contribution in [0, 0.1) is 0 Å². The van der Waals surface area contributed by atoms with E-state index in [2.05, 4.69) is 29.9 Å². The number of amides is 1. The van der Waals surface area contributed by atoms with Crippen LogP contribution in [0.4, 0.5) is 4.79 Å². The molecular formula is C31H59N3O4Si. The van der Waals surface area contributed by atoms with Crippen LogP contribution in [0.5, 0.6) is 0 Å². The Hall–Kier alpha value is -0.673. The van der Waals surface area contributed by atoms with Gasteiger partial charge in [-0.1, -0.05) is 19.3 Å². The van der Waals surface area contributed by atoms with Gasteiger partial charge in [0.05, 0.1) is 0 Å². The lowest BCUT2D eigenvalue weighted by molar-refractivity contribution is -0.106. The molecule has 7 nitrogen and oxygen atoms in total. The predicted octanol–water partition coefficient (Wildman–Crippen LogP) is 6.67. The molecule has 3 aliphatic heterocycles. The molecule has 2 spiro atoms. The Morgan fingerprint density at radius 1 is 0.897 bits per heavy atom. The Balaban J connectivity index is 0.000000139. The number of nitrogens with zero attached hydrogens (tertiary/aromatic N) is 2. The van der Waals surface area contributed by atoms with Gasteiger partial charge in [-0.15, -0.1) is 0 Å². The minimum absolute atomic E-state index is 0.154. The van der Waals surface area contributed by atoms with Crippen molar-refractivity contribution >= 4 is 14.4 Å². The maximum atomic E-state index is 11.8. The fourth-order valence-electron chi connectivity index (χ4n) is 6.81. The van der Waals surface area contributed by atoms with Gasteiger partial charge in [-0.2, -0.15) is 0 Å². The summed E-state index contributed by atoms with van der Waals surface area (Å²) in [6, 6.07) is 1.02. The molecule has 226 valence electrons. The predicted molar refractivity (Wildman–Crippen MR) is 161 cm³/mol. The first-order chi connectivity index (χ1) is 18.3. The first-order valence-electron chi connectivity index (χ1n) is 16.1. The zero-order valence-corrected chi connectivity index (χ0v) is 27.3. The fourth-order valence-corrected chi connectivity index (χ4v) is 8.19. The van der Waals surface area contributed by atoms with Gasteiger partial charge in [0.2, 0.25) is 0 Å². The minimum Gasteiger partial charge on any atom is -0.444 e. The monoisotopic (exact) mass is 565 g/mol. The van der Waals surface area contributed by atoms with Crippen molar-refractivity contribution in [2.75, 3.05) is 32.8 Å². The highest BCUT2D eigenvalue weighted by Crippen LogP contribution is 2.48. The molecule has 8 heteroatoms. The third kappa shape index (κ3) is 8.90. The van der Waals surface area contributed by atoms with Crippen molar-refractivity contribution in [3.8, 4) is 0 Å². The van der Waals surface area contributed by atoms with Crippen molar-refractivity contribution in [2.24, 2.45) is 0 Å². The van der Waals surface area contributed by atoms with E-state index in [0.717, 1.165) is 63.5 Å². The summed E-state index contributed by atoms with van der Waals surface area (Å²) in [6.45, 7) is 19.3. The van der Waals surface area contributed by atoms with Crippen LogP contribution in [0.3, 0.4) is 0 Å². The molecule has 6 fully saturated rings. The Bertz CT molecular complexity index is 796. The van der Waals surface area contributed by atoms with E-state index in [1.165, 1.54) is 64.3 Å². The molecule has 3 aliphatic carbocycles. The van der Waals surface area contributed by atoms with Crippen molar-refractivity contribution in [1.29, 1.82) is 0 Å². The molecule has 0 atom stereocenters. The van der Waals surface area contributed by atoms with E-state index in [0.29, 0.717) is 5.54 Å². The number of hydrogen-bond acceptors (Lipinski definition) is 6. The normalized spacial score (nSPS) is 26.8. The van der Waals surface area contributed by atoms with E-state index < -0.39 is 8.32 Å². The second-order valence-electron chi connectivity index (χ2n) is 14.9. The lowest BCUT2D eigenvalue weighted by Crippen LogP contribution is -2.62. The van der Waals surface area contributed by atoms with Crippen LogP contribution in [0.15, 0.2) is 0 Å². The molecular weight excluding hydrogens is 506 g/mol. The van der Waals surface area contributed by atoms with Gasteiger partial charge in [0.15, 0.2) is 14.1 Å². The molecule has 3 heterocycles. The summed E-state index contributed by atoms with van der Waals surface area (Å²) < 4.78 is 16.8. The number of likely N-dealkylation sites (tertiary alicyclic amines) is 2. The van der Waals surface area contributed by atoms with Crippen molar-refractivity contribution < 1.29 is 18.7 Å². The van der Waals surface area contributed by atoms with Crippen LogP contribution >= 0.6 is 0 Å². The van der Waals surface area contributed by atoms with E-state index in [-0.39, 0.29) is 17.5 Å². The Labute approximate surface area is 240 Å². The summed E-state index contributed by atoms with van der Waals surface area (Å²) in [4.78, 5) is 16.5. The summed E-state index contributed by atoms with van der Waals surface area (Å²) in [6.07, 6.45) is 17.5. The fraction of sp³-hybridized carbons (Fsp3) is 0.968. The van der Waals surface area contributed by atoms with Crippen molar-refractivity contribution in [3.63, 3.8) is 0 Å². The molecule has 1 N–H and O–H groups in total. The molecule has 6 aliphatic rings. The Morgan fingerprint density at radius 3 is 1.90 bits per heavy atom. The third-order valence-electron chi connectivity index (χ3n) is 9.23. The SMILES string of the molecule is C1CCC2(CC1)CCN2C1CC1.CC(C)(C)OC(=O)N1CCC2(CCN2)CC1.CCOC1(O[Si](C)(C)C)CC1. The Kier molecular flexibility index (Phi) is 9.85. The molecule has 0 bridgehead atoms. The molecule has 3 saturated heterocycles. The van der Waals surface area contributed by atoms with Crippen molar-refractivity contribution in [1.82, 2.24) is 15.1 Å². The van der Waals surface area contributed by atoms with Crippen LogP contribution < -0.4 is 5.32 Å². The van der Waals surface area contributed by atoms with Gasteiger partial charge < -0.3 is 24.1 Å². The van der Waals surface area contributed by atoms with E-state index >= 15 is 0 Å². The molecule has 0 radical (unpaired) electrons. The molecule has 0 unspecified atom stereocenters. The number of hydrogen-bond donors (Lipinski definition) is 1. The van der Waals surface area contributed by atoms with Gasteiger partial charge in [-0.3, -0.25) is 4.90 Å². The average molecular weight is 566 g/mol. The second-order valence-corrected chi connectivity index (χ2v) is 19.4. The quantitative estimate of drug-likeness (QED) is 0.297. The minimum atomic E-state index is -1.39. The maximum Gasteiger partial charge on any atom is 0.410 e. The van der Waals surface area contributed by atoms with Crippen LogP contribution in [0.2, 0.25) is 19.6 Å². The lowest BCUT2D eigenvalue weighted by atomic mass is 9.72. The topological polar surface area (TPSA) is 63.3 Å². The first-order valence-corrected chi connectivity index (χ1v) is 19.5. The zero-order valence-electron chi connectivity index (χ0n) is 26.3. The number of ether oxygens (including phenoxy) is 2. The van der Waals surface area contributed by atoms with Crippen LogP contribution in [-0.4, -0.2) is 85.5 Å². The number of carbonyl (C=O) groups is 1. The molecule has 1 amide bonds. The number of rotatable bonds is 5. The highest BCUT2D eigenvalue weighted by atomic mass is 28.4. The maximum absolute atomic E-state index is 11.8. The number of nitrogens with one attached hydrogen (secondary N) is 1. The highest BCUT2D eigenvalue weighted by molar-refractivity contribution is 6.69. The zero-order chi connectivity index (χ0) is 28.4. The summed E-state index contributed by atoms with van der Waals surface area (Å²) in [7, 11) is -1.39. The second kappa shape index (κ2) is 12.3. The van der Waals surface area contributed by atoms with Gasteiger partial charge >= 0.3 is 6.09 Å². The summed E-state index contributed by atoms with van der Waals surface area (Å²) >= 11 is 0. The van der Waals surface area contributed by atoms with Gasteiger partial charge in [0.1, 0.15) is 5.60 Å². The van der Waals surface area contributed by atoms with Crippen molar-refractivity contribution in [2.45, 2.75) is 159 Å². The van der Waals surface area contributed by atoms with E-state index in [4.69, 9.17) is 13.9 Å². The van der Waals surface area contributed by atoms with E-state index in [9.17, 15) is 4.79 Å². The smallest absolute Gasteiger partial charge is 0.410 e.